The quantitative estimate of drug-likeness (QED) is 0.0348. The van der Waals surface area contributed by atoms with E-state index in [-0.39, 0.29) is 36.5 Å². The van der Waals surface area contributed by atoms with Gasteiger partial charge in [0.1, 0.15) is 6.10 Å². The molecule has 10 heteroatoms. The summed E-state index contributed by atoms with van der Waals surface area (Å²) >= 11 is 0. The predicted molar refractivity (Wildman–Crippen MR) is 267 cm³/mol. The SMILES string of the molecule is CCCCCCCCCCC(O[Si](C)(C)C)C(CCCCC(O[Si](C)(C)C)C(CCCCCCCCCCCCCCC1=C[C@H](C)OC1=O)O[Si](C)(C)C)O[Si](C)(C)C. The second kappa shape index (κ2) is 30.9. The number of carbonyl (C=O) groups is 1. The Kier molecular flexibility index (Phi) is 29.8. The van der Waals surface area contributed by atoms with E-state index < -0.39 is 33.3 Å². The minimum Gasteiger partial charge on any atom is -0.455 e. The van der Waals surface area contributed by atoms with Crippen molar-refractivity contribution in [3.05, 3.63) is 11.6 Å². The Morgan fingerprint density at radius 1 is 0.441 bits per heavy atom. The van der Waals surface area contributed by atoms with Crippen molar-refractivity contribution in [2.75, 3.05) is 0 Å². The number of esters is 1. The number of hydrogen-bond donors (Lipinski definition) is 0. The molecular weight excluding hydrogens is 797 g/mol. The Bertz CT molecular complexity index is 1090. The number of cyclic esters (lactones) is 1. The highest BCUT2D eigenvalue weighted by Gasteiger charge is 2.34. The van der Waals surface area contributed by atoms with Crippen LogP contribution in [0, 0.1) is 0 Å². The van der Waals surface area contributed by atoms with Gasteiger partial charge in [-0.05, 0) is 130 Å². The van der Waals surface area contributed by atoms with E-state index in [1.165, 1.54) is 122 Å². The van der Waals surface area contributed by atoms with E-state index in [0.29, 0.717) is 0 Å². The fourth-order valence-electron chi connectivity index (χ4n) is 8.51. The molecule has 0 amide bonds. The molecule has 350 valence electrons. The van der Waals surface area contributed by atoms with Gasteiger partial charge in [-0.1, -0.05) is 142 Å². The molecular formula is C49H102O6Si4. The summed E-state index contributed by atoms with van der Waals surface area (Å²) in [6, 6.07) is 0. The van der Waals surface area contributed by atoms with Crippen molar-refractivity contribution < 1.29 is 27.2 Å². The molecule has 0 N–H and O–H groups in total. The third kappa shape index (κ3) is 33.1. The lowest BCUT2D eigenvalue weighted by Gasteiger charge is -2.37. The molecule has 4 unspecified atom stereocenters. The van der Waals surface area contributed by atoms with Crippen LogP contribution in [0.2, 0.25) is 78.6 Å². The Labute approximate surface area is 372 Å². The zero-order chi connectivity index (χ0) is 44.4. The minimum atomic E-state index is -1.76. The van der Waals surface area contributed by atoms with Gasteiger partial charge in [0.2, 0.25) is 0 Å². The summed E-state index contributed by atoms with van der Waals surface area (Å²) < 4.78 is 33.2. The molecule has 0 radical (unpaired) electrons. The molecule has 0 saturated heterocycles. The van der Waals surface area contributed by atoms with Crippen molar-refractivity contribution in [3.63, 3.8) is 0 Å². The predicted octanol–water partition coefficient (Wildman–Crippen LogP) is 16.3. The maximum Gasteiger partial charge on any atom is 0.334 e. The van der Waals surface area contributed by atoms with Gasteiger partial charge in [0.15, 0.2) is 33.3 Å². The molecule has 0 aliphatic carbocycles. The molecule has 0 saturated carbocycles. The van der Waals surface area contributed by atoms with Crippen LogP contribution < -0.4 is 0 Å². The first-order valence-electron chi connectivity index (χ1n) is 25.2. The average molecular weight is 900 g/mol. The zero-order valence-electron chi connectivity index (χ0n) is 42.0. The molecule has 5 atom stereocenters. The lowest BCUT2D eigenvalue weighted by atomic mass is 9.97. The summed E-state index contributed by atoms with van der Waals surface area (Å²) in [5.74, 6) is -0.0999. The van der Waals surface area contributed by atoms with Gasteiger partial charge in [-0.3, -0.25) is 0 Å². The van der Waals surface area contributed by atoms with Crippen molar-refractivity contribution in [3.8, 4) is 0 Å². The van der Waals surface area contributed by atoms with Gasteiger partial charge in [-0.2, -0.15) is 0 Å². The van der Waals surface area contributed by atoms with Crippen LogP contribution in [-0.4, -0.2) is 69.8 Å². The van der Waals surface area contributed by atoms with Crippen LogP contribution in [0.4, 0.5) is 0 Å². The average Bonchev–Trinajstić information content (AvgIpc) is 3.43. The van der Waals surface area contributed by atoms with Crippen molar-refractivity contribution in [1.29, 1.82) is 0 Å². The van der Waals surface area contributed by atoms with Crippen molar-refractivity contribution in [1.82, 2.24) is 0 Å². The van der Waals surface area contributed by atoms with Gasteiger partial charge < -0.3 is 22.4 Å². The fourth-order valence-corrected chi connectivity index (χ4v) is 13.2. The highest BCUT2D eigenvalue weighted by molar-refractivity contribution is 6.71. The molecule has 59 heavy (non-hydrogen) atoms. The monoisotopic (exact) mass is 899 g/mol. The molecule has 0 spiro atoms. The van der Waals surface area contributed by atoms with E-state index in [1.54, 1.807) is 0 Å². The van der Waals surface area contributed by atoms with Crippen LogP contribution in [-0.2, 0) is 27.2 Å². The number of hydrogen-bond acceptors (Lipinski definition) is 6. The third-order valence-corrected chi connectivity index (χ3v) is 15.1. The lowest BCUT2D eigenvalue weighted by molar-refractivity contribution is -0.139. The van der Waals surface area contributed by atoms with Gasteiger partial charge >= 0.3 is 5.97 Å². The molecule has 1 rings (SSSR count). The van der Waals surface area contributed by atoms with E-state index >= 15 is 0 Å². The van der Waals surface area contributed by atoms with E-state index in [0.717, 1.165) is 56.9 Å². The fraction of sp³-hybridized carbons (Fsp3) is 0.939. The molecule has 0 aromatic carbocycles. The number of carbonyl (C=O) groups excluding carboxylic acids is 1. The standard InChI is InChI=1S/C49H102O6Si4/c1-15-16-17-18-19-27-30-33-38-45(52-56(3,4)5)47(54-58(9,10)11)40-35-36-41-48(55-59(12,13)14)46(53-57(6,7)8)39-34-31-28-25-23-21-20-22-24-26-29-32-37-44-42-43(2)51-49(44)50/h42-43,45-48H,15-41H2,1-14H3/t43-,45?,46?,47?,48?/m0/s1. The summed E-state index contributed by atoms with van der Waals surface area (Å²) in [4.78, 5) is 11.8. The molecule has 1 aliphatic rings. The summed E-state index contributed by atoms with van der Waals surface area (Å²) in [5.41, 5.74) is 0.889. The lowest BCUT2D eigenvalue weighted by Crippen LogP contribution is -2.45. The van der Waals surface area contributed by atoms with Crippen LogP contribution in [0.5, 0.6) is 0 Å². The molecule has 0 fully saturated rings. The van der Waals surface area contributed by atoms with Gasteiger partial charge in [0.05, 0.1) is 24.4 Å². The first kappa shape index (κ1) is 56.9. The molecule has 0 aromatic rings. The maximum atomic E-state index is 11.8. The van der Waals surface area contributed by atoms with E-state index in [1.807, 2.05) is 13.0 Å². The van der Waals surface area contributed by atoms with Crippen LogP contribution in [0.15, 0.2) is 11.6 Å². The van der Waals surface area contributed by atoms with Gasteiger partial charge in [0.25, 0.3) is 0 Å². The first-order valence-corrected chi connectivity index (χ1v) is 38.8. The Morgan fingerprint density at radius 2 is 0.695 bits per heavy atom. The summed E-state index contributed by atoms with van der Waals surface area (Å²) in [5, 5.41) is 0. The van der Waals surface area contributed by atoms with Crippen molar-refractivity contribution in [2.24, 2.45) is 0 Å². The second-order valence-corrected chi connectivity index (χ2v) is 40.0. The number of ether oxygens (including phenoxy) is 1. The maximum absolute atomic E-state index is 11.8. The topological polar surface area (TPSA) is 63.2 Å². The molecule has 6 nitrogen and oxygen atoms in total. The highest BCUT2D eigenvalue weighted by atomic mass is 28.4. The summed E-state index contributed by atoms with van der Waals surface area (Å²) in [7, 11) is -6.98. The molecule has 0 aromatic heterocycles. The smallest absolute Gasteiger partial charge is 0.334 e. The van der Waals surface area contributed by atoms with Crippen LogP contribution in [0.3, 0.4) is 0 Å². The van der Waals surface area contributed by atoms with E-state index in [2.05, 4.69) is 85.5 Å². The Morgan fingerprint density at radius 3 is 0.949 bits per heavy atom. The van der Waals surface area contributed by atoms with Crippen molar-refractivity contribution in [2.45, 2.75) is 296 Å². The van der Waals surface area contributed by atoms with E-state index in [4.69, 9.17) is 22.4 Å². The number of unbranched alkanes of at least 4 members (excludes halogenated alkanes) is 19. The van der Waals surface area contributed by atoms with E-state index in [9.17, 15) is 4.79 Å². The first-order chi connectivity index (χ1) is 27.6. The number of rotatable bonds is 39. The normalized spacial score (nSPS) is 17.6. The summed E-state index contributed by atoms with van der Waals surface area (Å²) in [6.45, 7) is 32.4. The Hall–Kier alpha value is -0.0825. The second-order valence-electron chi connectivity index (χ2n) is 22.2. The zero-order valence-corrected chi connectivity index (χ0v) is 46.0. The summed E-state index contributed by atoms with van der Waals surface area (Å²) in [6.07, 6.45) is 36.6. The largest absolute Gasteiger partial charge is 0.455 e. The third-order valence-electron chi connectivity index (χ3n) is 11.1. The van der Waals surface area contributed by atoms with Gasteiger partial charge in [0, 0.05) is 5.57 Å². The van der Waals surface area contributed by atoms with Gasteiger partial charge in [-0.15, -0.1) is 0 Å². The Balaban J connectivity index is 2.63. The molecule has 1 heterocycles. The van der Waals surface area contributed by atoms with Gasteiger partial charge in [-0.25, -0.2) is 4.79 Å². The molecule has 1 aliphatic heterocycles. The minimum absolute atomic E-state index is 0.0386. The highest BCUT2D eigenvalue weighted by Crippen LogP contribution is 2.29. The van der Waals surface area contributed by atoms with Crippen LogP contribution in [0.25, 0.3) is 0 Å². The van der Waals surface area contributed by atoms with Crippen LogP contribution in [0.1, 0.15) is 187 Å². The molecule has 0 bridgehead atoms. The van der Waals surface area contributed by atoms with Crippen molar-refractivity contribution >= 4 is 39.2 Å². The van der Waals surface area contributed by atoms with Crippen LogP contribution >= 0.6 is 0 Å².